The van der Waals surface area contributed by atoms with E-state index in [0.29, 0.717) is 6.54 Å². The molecule has 6 heteroatoms. The maximum atomic E-state index is 12.5. The molecule has 0 saturated carbocycles. The summed E-state index contributed by atoms with van der Waals surface area (Å²) in [4.78, 5) is 25.2. The van der Waals surface area contributed by atoms with Crippen LogP contribution in [0.5, 0.6) is 0 Å². The van der Waals surface area contributed by atoms with Crippen molar-refractivity contribution < 1.29 is 9.59 Å². The van der Waals surface area contributed by atoms with Gasteiger partial charge in [0.2, 0.25) is 11.8 Å². The third-order valence-corrected chi connectivity index (χ3v) is 3.29. The molecule has 1 aromatic carbocycles. The third-order valence-electron chi connectivity index (χ3n) is 3.29. The molecule has 1 unspecified atom stereocenters. The molecule has 0 bridgehead atoms. The van der Waals surface area contributed by atoms with Crippen LogP contribution in [0.15, 0.2) is 30.3 Å². The van der Waals surface area contributed by atoms with Gasteiger partial charge in [0.05, 0.1) is 12.6 Å². The van der Waals surface area contributed by atoms with Crippen LogP contribution in [-0.4, -0.2) is 36.9 Å². The Morgan fingerprint density at radius 1 is 1.24 bits per heavy atom. The minimum atomic E-state index is -0.502. The van der Waals surface area contributed by atoms with Gasteiger partial charge >= 0.3 is 0 Å². The van der Waals surface area contributed by atoms with Crippen molar-refractivity contribution >= 4 is 24.2 Å². The van der Waals surface area contributed by atoms with Crippen molar-refractivity contribution in [3.8, 4) is 0 Å². The number of rotatable bonds is 7. The fraction of sp³-hybridized carbons (Fsp3) is 0.467. The molecule has 2 amide bonds. The smallest absolute Gasteiger partial charge is 0.237 e. The van der Waals surface area contributed by atoms with Crippen LogP contribution in [0.2, 0.25) is 0 Å². The van der Waals surface area contributed by atoms with Crippen LogP contribution in [0.3, 0.4) is 0 Å². The summed E-state index contributed by atoms with van der Waals surface area (Å²) >= 11 is 0. The molecule has 0 aromatic heterocycles. The van der Waals surface area contributed by atoms with Crippen molar-refractivity contribution in [1.29, 1.82) is 0 Å². The molecule has 3 N–H and O–H groups in total. The maximum Gasteiger partial charge on any atom is 0.237 e. The van der Waals surface area contributed by atoms with Crippen molar-refractivity contribution in [2.75, 3.05) is 20.1 Å². The highest BCUT2D eigenvalue weighted by Gasteiger charge is 2.26. The molecular formula is C15H24ClN3O2. The van der Waals surface area contributed by atoms with Crippen molar-refractivity contribution in [3.05, 3.63) is 35.9 Å². The first-order chi connectivity index (χ1) is 9.47. The van der Waals surface area contributed by atoms with Gasteiger partial charge in [0.15, 0.2) is 0 Å². The van der Waals surface area contributed by atoms with Crippen LogP contribution in [0.25, 0.3) is 0 Å². The van der Waals surface area contributed by atoms with Gasteiger partial charge in [-0.05, 0) is 19.5 Å². The van der Waals surface area contributed by atoms with Gasteiger partial charge in [-0.25, -0.2) is 0 Å². The van der Waals surface area contributed by atoms with E-state index < -0.39 is 5.91 Å². The minimum absolute atomic E-state index is 0. The number of nitrogens with zero attached hydrogens (tertiary/aromatic N) is 1. The summed E-state index contributed by atoms with van der Waals surface area (Å²) < 4.78 is 0. The van der Waals surface area contributed by atoms with Crippen LogP contribution < -0.4 is 11.1 Å². The van der Waals surface area contributed by atoms with Gasteiger partial charge in [-0.1, -0.05) is 37.3 Å². The Kier molecular flexibility index (Phi) is 8.66. The van der Waals surface area contributed by atoms with Gasteiger partial charge in [-0.3, -0.25) is 9.59 Å². The summed E-state index contributed by atoms with van der Waals surface area (Å²) in [5.41, 5.74) is 6.26. The third kappa shape index (κ3) is 5.73. The van der Waals surface area contributed by atoms with Gasteiger partial charge in [0, 0.05) is 12.5 Å². The molecule has 0 fully saturated rings. The molecule has 0 aliphatic carbocycles. The molecule has 0 aliphatic heterocycles. The fourth-order valence-electron chi connectivity index (χ4n) is 2.16. The predicted molar refractivity (Wildman–Crippen MR) is 86.1 cm³/mol. The monoisotopic (exact) mass is 313 g/mol. The number of nitrogens with two attached hydrogens (primary N) is 1. The van der Waals surface area contributed by atoms with Gasteiger partial charge < -0.3 is 16.0 Å². The highest BCUT2D eigenvalue weighted by atomic mass is 35.5. The Morgan fingerprint density at radius 2 is 1.81 bits per heavy atom. The Hall–Kier alpha value is -1.59. The van der Waals surface area contributed by atoms with Gasteiger partial charge in [0.1, 0.15) is 0 Å². The molecule has 0 heterocycles. The number of carbonyl (C=O) groups excluding carboxylic acids is 2. The second-order valence-corrected chi connectivity index (χ2v) is 4.98. The SMILES string of the molecule is CNCC(C)C(=O)N(CC(N)=O)[C@H](C)c1ccccc1.Cl. The zero-order valence-electron chi connectivity index (χ0n) is 12.7. The molecule has 1 rings (SSSR count). The second-order valence-electron chi connectivity index (χ2n) is 4.98. The van der Waals surface area contributed by atoms with E-state index in [9.17, 15) is 9.59 Å². The minimum Gasteiger partial charge on any atom is -0.368 e. The lowest BCUT2D eigenvalue weighted by molar-refractivity contribution is -0.140. The van der Waals surface area contributed by atoms with E-state index in [1.54, 1.807) is 11.9 Å². The van der Waals surface area contributed by atoms with Crippen molar-refractivity contribution in [1.82, 2.24) is 10.2 Å². The normalized spacial score (nSPS) is 12.9. The average Bonchev–Trinajstić information content (AvgIpc) is 2.44. The quantitative estimate of drug-likeness (QED) is 0.797. The number of halogens is 1. The summed E-state index contributed by atoms with van der Waals surface area (Å²) in [7, 11) is 1.79. The Balaban J connectivity index is 0.00000400. The number of benzene rings is 1. The van der Waals surface area contributed by atoms with E-state index in [-0.39, 0.29) is 36.8 Å². The van der Waals surface area contributed by atoms with E-state index >= 15 is 0 Å². The number of carbonyl (C=O) groups is 2. The number of nitrogens with one attached hydrogen (secondary N) is 1. The van der Waals surface area contributed by atoms with Crippen molar-refractivity contribution in [2.24, 2.45) is 11.7 Å². The van der Waals surface area contributed by atoms with E-state index in [4.69, 9.17) is 5.73 Å². The molecular weight excluding hydrogens is 290 g/mol. The largest absolute Gasteiger partial charge is 0.368 e. The summed E-state index contributed by atoms with van der Waals surface area (Å²) in [5, 5.41) is 2.97. The second kappa shape index (κ2) is 9.37. The average molecular weight is 314 g/mol. The maximum absolute atomic E-state index is 12.5. The summed E-state index contributed by atoms with van der Waals surface area (Å²) in [6.07, 6.45) is 0. The number of primary amides is 1. The Bertz CT molecular complexity index is 453. The molecule has 0 aliphatic rings. The zero-order chi connectivity index (χ0) is 15.1. The lowest BCUT2D eigenvalue weighted by Crippen LogP contribution is -2.44. The molecule has 0 spiro atoms. The fourth-order valence-corrected chi connectivity index (χ4v) is 2.16. The highest BCUT2D eigenvalue weighted by Crippen LogP contribution is 2.21. The van der Waals surface area contributed by atoms with Crippen molar-refractivity contribution in [2.45, 2.75) is 19.9 Å². The topological polar surface area (TPSA) is 75.4 Å². The van der Waals surface area contributed by atoms with E-state index in [1.165, 1.54) is 0 Å². The van der Waals surface area contributed by atoms with Gasteiger partial charge in [-0.2, -0.15) is 0 Å². The Labute approximate surface area is 132 Å². The van der Waals surface area contributed by atoms with Crippen LogP contribution in [0.1, 0.15) is 25.5 Å². The first-order valence-electron chi connectivity index (χ1n) is 6.75. The lowest BCUT2D eigenvalue weighted by atomic mass is 10.0. The predicted octanol–water partition coefficient (Wildman–Crippen LogP) is 1.34. The highest BCUT2D eigenvalue weighted by molar-refractivity contribution is 5.85. The summed E-state index contributed by atoms with van der Waals surface area (Å²) in [6.45, 7) is 4.24. The molecule has 1 aromatic rings. The standard InChI is InChI=1S/C15H23N3O2.ClH/c1-11(9-17-3)15(20)18(10-14(16)19)12(2)13-7-5-4-6-8-13;/h4-8,11-12,17H,9-10H2,1-3H3,(H2,16,19);1H/t11?,12-;/m1./s1. The van der Waals surface area contributed by atoms with E-state index in [2.05, 4.69) is 5.32 Å². The molecule has 21 heavy (non-hydrogen) atoms. The summed E-state index contributed by atoms with van der Waals surface area (Å²) in [5.74, 6) is -0.780. The van der Waals surface area contributed by atoms with Crippen LogP contribution >= 0.6 is 12.4 Å². The molecule has 5 nitrogen and oxygen atoms in total. The Morgan fingerprint density at radius 3 is 2.29 bits per heavy atom. The van der Waals surface area contributed by atoms with Gasteiger partial charge in [-0.15, -0.1) is 12.4 Å². The number of amides is 2. The first-order valence-corrected chi connectivity index (χ1v) is 6.75. The van der Waals surface area contributed by atoms with Crippen LogP contribution in [0, 0.1) is 5.92 Å². The molecule has 0 radical (unpaired) electrons. The first kappa shape index (κ1) is 19.4. The van der Waals surface area contributed by atoms with Crippen molar-refractivity contribution in [3.63, 3.8) is 0 Å². The summed E-state index contributed by atoms with van der Waals surface area (Å²) in [6, 6.07) is 9.44. The van der Waals surface area contributed by atoms with E-state index in [1.807, 2.05) is 44.2 Å². The molecule has 2 atom stereocenters. The van der Waals surface area contributed by atoms with Crippen LogP contribution in [0.4, 0.5) is 0 Å². The lowest BCUT2D eigenvalue weighted by Gasteiger charge is -2.31. The van der Waals surface area contributed by atoms with E-state index in [0.717, 1.165) is 5.56 Å². The molecule has 118 valence electrons. The molecule has 0 saturated heterocycles. The van der Waals surface area contributed by atoms with Crippen LogP contribution in [-0.2, 0) is 9.59 Å². The van der Waals surface area contributed by atoms with Gasteiger partial charge in [0.25, 0.3) is 0 Å². The number of hydrogen-bond acceptors (Lipinski definition) is 3. The zero-order valence-corrected chi connectivity index (χ0v) is 13.5. The number of hydrogen-bond donors (Lipinski definition) is 2.